The Hall–Kier alpha value is -1.65. The molecule has 1 aliphatic rings. The summed E-state index contributed by atoms with van der Waals surface area (Å²) in [5.41, 5.74) is 2.28. The van der Waals surface area contributed by atoms with Gasteiger partial charge in [-0.25, -0.2) is 4.98 Å². The average molecular weight is 331 g/mol. The lowest BCUT2D eigenvalue weighted by molar-refractivity contribution is 0.700. The Kier molecular flexibility index (Phi) is 3.51. The zero-order valence-electron chi connectivity index (χ0n) is 12.0. The number of hydrogen-bond acceptors (Lipinski definition) is 3. The van der Waals surface area contributed by atoms with Crippen molar-refractivity contribution >= 4 is 33.2 Å². The van der Waals surface area contributed by atoms with Crippen LogP contribution in [0.25, 0.3) is 10.2 Å². The van der Waals surface area contributed by atoms with E-state index in [1.165, 1.54) is 23.3 Å². The number of H-pyrrole nitrogens is 1. The summed E-state index contributed by atoms with van der Waals surface area (Å²) in [6.07, 6.45) is 5.07. The van der Waals surface area contributed by atoms with Crippen molar-refractivity contribution < 1.29 is 0 Å². The van der Waals surface area contributed by atoms with Crippen molar-refractivity contribution in [1.82, 2.24) is 9.97 Å². The van der Waals surface area contributed by atoms with E-state index in [0.717, 1.165) is 28.6 Å². The number of nitrogens with one attached hydrogen (secondary N) is 1. The molecule has 0 aliphatic heterocycles. The topological polar surface area (TPSA) is 45.8 Å². The molecule has 2 aromatic heterocycles. The van der Waals surface area contributed by atoms with Gasteiger partial charge in [-0.2, -0.15) is 0 Å². The number of hydrogen-bond donors (Lipinski definition) is 1. The fourth-order valence-electron chi connectivity index (χ4n) is 3.13. The van der Waals surface area contributed by atoms with Gasteiger partial charge in [-0.15, -0.1) is 11.3 Å². The molecule has 3 aromatic rings. The molecule has 5 heteroatoms. The van der Waals surface area contributed by atoms with Crippen molar-refractivity contribution in [3.63, 3.8) is 0 Å². The second kappa shape index (κ2) is 5.52. The quantitative estimate of drug-likeness (QED) is 0.768. The summed E-state index contributed by atoms with van der Waals surface area (Å²) in [6, 6.07) is 7.66. The van der Waals surface area contributed by atoms with Gasteiger partial charge in [-0.1, -0.05) is 23.7 Å². The van der Waals surface area contributed by atoms with E-state index >= 15 is 0 Å². The summed E-state index contributed by atoms with van der Waals surface area (Å²) in [4.78, 5) is 22.3. The normalized spacial score (nSPS) is 14.2. The van der Waals surface area contributed by atoms with E-state index in [-0.39, 0.29) is 5.56 Å². The fraction of sp³-hybridized carbons (Fsp3) is 0.294. The predicted octanol–water partition coefficient (Wildman–Crippen LogP) is 4.11. The van der Waals surface area contributed by atoms with Crippen LogP contribution in [0, 0.1) is 0 Å². The van der Waals surface area contributed by atoms with Gasteiger partial charge in [-0.05, 0) is 48.9 Å². The zero-order valence-corrected chi connectivity index (χ0v) is 13.6. The summed E-state index contributed by atoms with van der Waals surface area (Å²) in [5, 5.41) is 1.52. The molecular weight excluding hydrogens is 316 g/mol. The molecular formula is C17H15ClN2OS. The minimum atomic E-state index is 0.00132. The third-order valence-corrected chi connectivity index (χ3v) is 5.56. The Morgan fingerprint density at radius 2 is 2.14 bits per heavy atom. The van der Waals surface area contributed by atoms with Crippen LogP contribution in [0.15, 0.2) is 29.1 Å². The molecule has 0 bridgehead atoms. The van der Waals surface area contributed by atoms with Crippen molar-refractivity contribution in [2.75, 3.05) is 0 Å². The number of rotatable bonds is 2. The average Bonchev–Trinajstić information content (AvgIpc) is 2.85. The molecule has 0 fully saturated rings. The maximum absolute atomic E-state index is 12.5. The van der Waals surface area contributed by atoms with E-state index in [1.807, 2.05) is 24.3 Å². The van der Waals surface area contributed by atoms with Gasteiger partial charge >= 0.3 is 0 Å². The van der Waals surface area contributed by atoms with Crippen LogP contribution >= 0.6 is 22.9 Å². The van der Waals surface area contributed by atoms with Gasteiger partial charge in [0.25, 0.3) is 5.56 Å². The minimum Gasteiger partial charge on any atom is -0.310 e. The van der Waals surface area contributed by atoms with E-state index < -0.39 is 0 Å². The Bertz CT molecular complexity index is 913. The lowest BCUT2D eigenvalue weighted by Gasteiger charge is -2.09. The first-order valence-electron chi connectivity index (χ1n) is 7.48. The van der Waals surface area contributed by atoms with E-state index in [1.54, 1.807) is 11.3 Å². The predicted molar refractivity (Wildman–Crippen MR) is 91.1 cm³/mol. The highest BCUT2D eigenvalue weighted by atomic mass is 35.5. The molecule has 2 heterocycles. The number of thiophene rings is 1. The first-order chi connectivity index (χ1) is 10.7. The third kappa shape index (κ3) is 2.46. The monoisotopic (exact) mass is 330 g/mol. The van der Waals surface area contributed by atoms with Crippen LogP contribution in [-0.4, -0.2) is 9.97 Å². The molecule has 0 saturated heterocycles. The van der Waals surface area contributed by atoms with Crippen molar-refractivity contribution in [3.8, 4) is 0 Å². The van der Waals surface area contributed by atoms with Gasteiger partial charge in [-0.3, -0.25) is 4.79 Å². The minimum absolute atomic E-state index is 0.00132. The molecule has 0 unspecified atom stereocenters. The van der Waals surface area contributed by atoms with Crippen molar-refractivity contribution in [2.45, 2.75) is 32.1 Å². The molecule has 1 N–H and O–H groups in total. The molecule has 0 saturated carbocycles. The second-order valence-corrected chi connectivity index (χ2v) is 7.23. The largest absolute Gasteiger partial charge is 0.310 e. The van der Waals surface area contributed by atoms with Crippen LogP contribution in [0.4, 0.5) is 0 Å². The molecule has 22 heavy (non-hydrogen) atoms. The Morgan fingerprint density at radius 1 is 1.27 bits per heavy atom. The second-order valence-electron chi connectivity index (χ2n) is 5.71. The highest BCUT2D eigenvalue weighted by molar-refractivity contribution is 7.18. The number of aromatic amines is 1. The first-order valence-corrected chi connectivity index (χ1v) is 8.68. The van der Waals surface area contributed by atoms with E-state index in [4.69, 9.17) is 11.6 Å². The van der Waals surface area contributed by atoms with Crippen LogP contribution in [-0.2, 0) is 19.3 Å². The molecule has 4 rings (SSSR count). The summed E-state index contributed by atoms with van der Waals surface area (Å²) in [6.45, 7) is 0. The summed E-state index contributed by atoms with van der Waals surface area (Å²) in [7, 11) is 0. The van der Waals surface area contributed by atoms with Gasteiger partial charge in [0.05, 0.1) is 5.39 Å². The standard InChI is InChI=1S/C17H15ClN2OS/c18-11-5-3-4-10(8-11)9-14-19-16(21)15-12-6-1-2-7-13(12)22-17(15)20-14/h3-5,8H,1-2,6-7,9H2,(H,19,20,21). The lowest BCUT2D eigenvalue weighted by atomic mass is 9.97. The molecule has 0 atom stereocenters. The van der Waals surface area contributed by atoms with Crippen LogP contribution in [0.5, 0.6) is 0 Å². The number of nitrogens with zero attached hydrogens (tertiary/aromatic N) is 1. The van der Waals surface area contributed by atoms with Crippen LogP contribution in [0.3, 0.4) is 0 Å². The van der Waals surface area contributed by atoms with Crippen molar-refractivity contribution in [1.29, 1.82) is 0 Å². The smallest absolute Gasteiger partial charge is 0.259 e. The summed E-state index contributed by atoms with van der Waals surface area (Å²) < 4.78 is 0. The Balaban J connectivity index is 1.79. The number of aromatic nitrogens is 2. The van der Waals surface area contributed by atoms with E-state index in [0.29, 0.717) is 17.3 Å². The zero-order chi connectivity index (χ0) is 15.1. The van der Waals surface area contributed by atoms with Crippen LogP contribution < -0.4 is 5.56 Å². The van der Waals surface area contributed by atoms with Crippen LogP contribution in [0.1, 0.15) is 34.7 Å². The van der Waals surface area contributed by atoms with Gasteiger partial charge in [0.2, 0.25) is 0 Å². The third-order valence-electron chi connectivity index (χ3n) is 4.13. The molecule has 0 spiro atoms. The molecule has 1 aromatic carbocycles. The van der Waals surface area contributed by atoms with E-state index in [9.17, 15) is 4.79 Å². The van der Waals surface area contributed by atoms with Gasteiger partial charge in [0.15, 0.2) is 0 Å². The maximum Gasteiger partial charge on any atom is 0.259 e. The Morgan fingerprint density at radius 3 is 3.00 bits per heavy atom. The van der Waals surface area contributed by atoms with Gasteiger partial charge in [0, 0.05) is 16.3 Å². The number of aryl methyl sites for hydroxylation is 2. The fourth-order valence-corrected chi connectivity index (χ4v) is 4.63. The number of halogens is 1. The molecule has 1 aliphatic carbocycles. The van der Waals surface area contributed by atoms with E-state index in [2.05, 4.69) is 9.97 Å². The summed E-state index contributed by atoms with van der Waals surface area (Å²) in [5.74, 6) is 0.707. The first kappa shape index (κ1) is 14.0. The molecule has 0 radical (unpaired) electrons. The SMILES string of the molecule is O=c1[nH]c(Cc2cccc(Cl)c2)nc2sc3c(c12)CCCC3. The number of fused-ring (bicyclic) bond motifs is 3. The van der Waals surface area contributed by atoms with Crippen molar-refractivity contribution in [3.05, 3.63) is 61.5 Å². The molecule has 3 nitrogen and oxygen atoms in total. The van der Waals surface area contributed by atoms with Crippen LogP contribution in [0.2, 0.25) is 5.02 Å². The maximum atomic E-state index is 12.5. The van der Waals surface area contributed by atoms with Crippen molar-refractivity contribution in [2.24, 2.45) is 0 Å². The summed E-state index contributed by atoms with van der Waals surface area (Å²) >= 11 is 7.70. The lowest BCUT2D eigenvalue weighted by Crippen LogP contribution is -2.13. The highest BCUT2D eigenvalue weighted by Gasteiger charge is 2.19. The van der Waals surface area contributed by atoms with Gasteiger partial charge < -0.3 is 4.98 Å². The molecule has 0 amide bonds. The number of benzene rings is 1. The molecule has 112 valence electrons. The van der Waals surface area contributed by atoms with Gasteiger partial charge in [0.1, 0.15) is 10.7 Å². The highest BCUT2D eigenvalue weighted by Crippen LogP contribution is 2.33. The Labute approximate surface area is 137 Å².